The van der Waals surface area contributed by atoms with Crippen LogP contribution in [0.5, 0.6) is 5.75 Å². The predicted molar refractivity (Wildman–Crippen MR) is 64.4 cm³/mol. The van der Waals surface area contributed by atoms with E-state index in [1.807, 2.05) is 20.8 Å². The van der Waals surface area contributed by atoms with Crippen molar-refractivity contribution in [2.75, 3.05) is 7.11 Å². The van der Waals surface area contributed by atoms with Gasteiger partial charge in [0.1, 0.15) is 5.75 Å². The Kier molecular flexibility index (Phi) is 4.52. The van der Waals surface area contributed by atoms with E-state index >= 15 is 0 Å². The SMILES string of the molecule is COC(Oc1cc(C(=O)O)ccc1C)C(C)C. The lowest BCUT2D eigenvalue weighted by Crippen LogP contribution is -2.25. The fourth-order valence-electron chi connectivity index (χ4n) is 1.44. The van der Waals surface area contributed by atoms with Crippen molar-refractivity contribution in [2.24, 2.45) is 5.92 Å². The Morgan fingerprint density at radius 2 is 2.00 bits per heavy atom. The second-order valence-corrected chi connectivity index (χ2v) is 4.25. The van der Waals surface area contributed by atoms with Crippen LogP contribution in [-0.2, 0) is 4.74 Å². The molecule has 0 radical (unpaired) electrons. The van der Waals surface area contributed by atoms with Gasteiger partial charge in [-0.05, 0) is 24.6 Å². The summed E-state index contributed by atoms with van der Waals surface area (Å²) in [6.07, 6.45) is -0.377. The van der Waals surface area contributed by atoms with Crippen LogP contribution in [-0.4, -0.2) is 24.5 Å². The normalized spacial score (nSPS) is 12.5. The third-order valence-electron chi connectivity index (χ3n) is 2.45. The monoisotopic (exact) mass is 238 g/mol. The fraction of sp³-hybridized carbons (Fsp3) is 0.462. The molecule has 4 heteroatoms. The molecule has 17 heavy (non-hydrogen) atoms. The number of carboxylic acids is 1. The highest BCUT2D eigenvalue weighted by molar-refractivity contribution is 5.88. The van der Waals surface area contributed by atoms with Crippen LogP contribution in [0.1, 0.15) is 29.8 Å². The topological polar surface area (TPSA) is 55.8 Å². The molecule has 0 heterocycles. The lowest BCUT2D eigenvalue weighted by molar-refractivity contribution is -0.0837. The number of carboxylic acid groups (broad SMARTS) is 1. The lowest BCUT2D eigenvalue weighted by atomic mass is 10.1. The summed E-state index contributed by atoms with van der Waals surface area (Å²) in [6.45, 7) is 5.82. The van der Waals surface area contributed by atoms with Gasteiger partial charge in [-0.1, -0.05) is 19.9 Å². The fourth-order valence-corrected chi connectivity index (χ4v) is 1.44. The molecule has 0 bridgehead atoms. The molecule has 0 spiro atoms. The van der Waals surface area contributed by atoms with Gasteiger partial charge < -0.3 is 14.6 Å². The van der Waals surface area contributed by atoms with Gasteiger partial charge in [0.2, 0.25) is 6.29 Å². The van der Waals surface area contributed by atoms with Gasteiger partial charge in [-0.15, -0.1) is 0 Å². The van der Waals surface area contributed by atoms with Crippen molar-refractivity contribution in [3.8, 4) is 5.75 Å². The van der Waals surface area contributed by atoms with Crippen molar-refractivity contribution in [1.29, 1.82) is 0 Å². The van der Waals surface area contributed by atoms with E-state index in [-0.39, 0.29) is 17.8 Å². The zero-order valence-electron chi connectivity index (χ0n) is 10.6. The quantitative estimate of drug-likeness (QED) is 0.801. The van der Waals surface area contributed by atoms with Crippen molar-refractivity contribution < 1.29 is 19.4 Å². The first-order valence-electron chi connectivity index (χ1n) is 5.49. The maximum atomic E-state index is 10.9. The van der Waals surface area contributed by atoms with E-state index in [2.05, 4.69) is 0 Å². The van der Waals surface area contributed by atoms with Crippen LogP contribution in [0.15, 0.2) is 18.2 Å². The maximum Gasteiger partial charge on any atom is 0.335 e. The summed E-state index contributed by atoms with van der Waals surface area (Å²) < 4.78 is 10.9. The van der Waals surface area contributed by atoms with E-state index in [1.54, 1.807) is 19.2 Å². The highest BCUT2D eigenvalue weighted by Crippen LogP contribution is 2.23. The van der Waals surface area contributed by atoms with Crippen LogP contribution in [0, 0.1) is 12.8 Å². The molecule has 1 rings (SSSR count). The Labute approximate surface area is 101 Å². The average Bonchev–Trinajstić information content (AvgIpc) is 2.27. The summed E-state index contributed by atoms with van der Waals surface area (Å²) in [5, 5.41) is 8.91. The third kappa shape index (κ3) is 3.46. The van der Waals surface area contributed by atoms with Crippen LogP contribution in [0.4, 0.5) is 0 Å². The average molecular weight is 238 g/mol. The minimum absolute atomic E-state index is 0.188. The lowest BCUT2D eigenvalue weighted by Gasteiger charge is -2.22. The Bertz CT molecular complexity index is 398. The van der Waals surface area contributed by atoms with E-state index in [4.69, 9.17) is 14.6 Å². The van der Waals surface area contributed by atoms with Gasteiger partial charge in [0.15, 0.2) is 0 Å². The number of hydrogen-bond acceptors (Lipinski definition) is 3. The zero-order valence-corrected chi connectivity index (χ0v) is 10.6. The Morgan fingerprint density at radius 3 is 2.47 bits per heavy atom. The van der Waals surface area contributed by atoms with Gasteiger partial charge >= 0.3 is 5.97 Å². The van der Waals surface area contributed by atoms with Crippen molar-refractivity contribution in [3.05, 3.63) is 29.3 Å². The van der Waals surface area contributed by atoms with E-state index in [0.29, 0.717) is 5.75 Å². The van der Waals surface area contributed by atoms with Crippen molar-refractivity contribution in [2.45, 2.75) is 27.1 Å². The van der Waals surface area contributed by atoms with E-state index < -0.39 is 5.97 Å². The zero-order chi connectivity index (χ0) is 13.0. The second kappa shape index (κ2) is 5.68. The first-order chi connectivity index (χ1) is 7.95. The number of hydrogen-bond donors (Lipinski definition) is 1. The van der Waals surface area contributed by atoms with E-state index in [9.17, 15) is 4.79 Å². The molecular formula is C13H18O4. The molecule has 1 N–H and O–H groups in total. The Morgan fingerprint density at radius 1 is 1.35 bits per heavy atom. The molecule has 94 valence electrons. The molecule has 0 aromatic heterocycles. The van der Waals surface area contributed by atoms with Crippen LogP contribution in [0.2, 0.25) is 0 Å². The van der Waals surface area contributed by atoms with Crippen LogP contribution >= 0.6 is 0 Å². The molecular weight excluding hydrogens is 220 g/mol. The molecule has 0 saturated carbocycles. The number of aryl methyl sites for hydroxylation is 1. The maximum absolute atomic E-state index is 10.9. The molecule has 0 saturated heterocycles. The highest BCUT2D eigenvalue weighted by Gasteiger charge is 2.16. The number of methoxy groups -OCH3 is 1. The second-order valence-electron chi connectivity index (χ2n) is 4.25. The summed E-state index contributed by atoms with van der Waals surface area (Å²) in [5.74, 6) is -0.230. The summed E-state index contributed by atoms with van der Waals surface area (Å²) in [7, 11) is 1.57. The largest absolute Gasteiger partial charge is 0.478 e. The van der Waals surface area contributed by atoms with Crippen molar-refractivity contribution in [3.63, 3.8) is 0 Å². The number of carbonyl (C=O) groups is 1. The van der Waals surface area contributed by atoms with Crippen LogP contribution in [0.3, 0.4) is 0 Å². The predicted octanol–water partition coefficient (Wildman–Crippen LogP) is 2.70. The summed E-state index contributed by atoms with van der Waals surface area (Å²) >= 11 is 0. The smallest absolute Gasteiger partial charge is 0.335 e. The Balaban J connectivity index is 2.96. The van der Waals surface area contributed by atoms with Gasteiger partial charge in [-0.3, -0.25) is 0 Å². The summed E-state index contributed by atoms with van der Waals surface area (Å²) in [4.78, 5) is 10.9. The van der Waals surface area contributed by atoms with Crippen LogP contribution < -0.4 is 4.74 Å². The van der Waals surface area contributed by atoms with Crippen molar-refractivity contribution >= 4 is 5.97 Å². The molecule has 1 aromatic rings. The third-order valence-corrected chi connectivity index (χ3v) is 2.45. The molecule has 0 aliphatic carbocycles. The van der Waals surface area contributed by atoms with Gasteiger partial charge in [0, 0.05) is 13.0 Å². The highest BCUT2D eigenvalue weighted by atomic mass is 16.7. The van der Waals surface area contributed by atoms with Gasteiger partial charge in [-0.25, -0.2) is 4.79 Å². The van der Waals surface area contributed by atoms with Crippen molar-refractivity contribution in [1.82, 2.24) is 0 Å². The number of ether oxygens (including phenoxy) is 2. The molecule has 0 aliphatic rings. The first kappa shape index (κ1) is 13.5. The molecule has 1 atom stereocenters. The minimum Gasteiger partial charge on any atom is -0.478 e. The molecule has 1 unspecified atom stereocenters. The van der Waals surface area contributed by atoms with Gasteiger partial charge in [0.25, 0.3) is 0 Å². The molecule has 4 nitrogen and oxygen atoms in total. The number of benzene rings is 1. The number of rotatable bonds is 5. The van der Waals surface area contributed by atoms with Gasteiger partial charge in [-0.2, -0.15) is 0 Å². The van der Waals surface area contributed by atoms with E-state index in [0.717, 1.165) is 5.56 Å². The number of aromatic carboxylic acids is 1. The summed E-state index contributed by atoms with van der Waals surface area (Å²) in [5.41, 5.74) is 1.10. The Hall–Kier alpha value is -1.55. The van der Waals surface area contributed by atoms with Gasteiger partial charge in [0.05, 0.1) is 5.56 Å². The standard InChI is InChI=1S/C13H18O4/c1-8(2)13(16-4)17-11-7-10(12(14)15)6-5-9(11)3/h5-8,13H,1-4H3,(H,14,15). The molecule has 0 fully saturated rings. The first-order valence-corrected chi connectivity index (χ1v) is 5.49. The molecule has 1 aromatic carbocycles. The molecule has 0 amide bonds. The summed E-state index contributed by atoms with van der Waals surface area (Å²) in [6, 6.07) is 4.81. The molecule has 0 aliphatic heterocycles. The van der Waals surface area contributed by atoms with E-state index in [1.165, 1.54) is 6.07 Å². The minimum atomic E-state index is -0.964. The van der Waals surface area contributed by atoms with Crippen LogP contribution in [0.25, 0.3) is 0 Å².